The molecule has 1 aromatic carbocycles. The van der Waals surface area contributed by atoms with Crippen LogP contribution >= 0.6 is 0 Å². The fraction of sp³-hybridized carbons (Fsp3) is 0.412. The minimum absolute atomic E-state index is 0.550. The highest BCUT2D eigenvalue weighted by atomic mass is 15.2. The molecule has 0 amide bonds. The van der Waals surface area contributed by atoms with Crippen molar-refractivity contribution in [3.63, 3.8) is 0 Å². The first-order valence-electron chi connectivity index (χ1n) is 7.67. The van der Waals surface area contributed by atoms with Gasteiger partial charge in [-0.3, -0.25) is 0 Å². The molecule has 0 unspecified atom stereocenters. The number of anilines is 3. The van der Waals surface area contributed by atoms with Gasteiger partial charge in [-0.2, -0.15) is 4.98 Å². The minimum Gasteiger partial charge on any atom is -0.356 e. The Morgan fingerprint density at radius 2 is 1.76 bits per heavy atom. The number of nitrogens with zero attached hydrogens (tertiary/aromatic N) is 3. The van der Waals surface area contributed by atoms with E-state index in [1.165, 1.54) is 18.4 Å². The number of hydrogen-bond donors (Lipinski definition) is 1. The van der Waals surface area contributed by atoms with Crippen LogP contribution in [0.4, 0.5) is 17.5 Å². The van der Waals surface area contributed by atoms with E-state index in [2.05, 4.69) is 58.3 Å². The van der Waals surface area contributed by atoms with Crippen LogP contribution in [0.5, 0.6) is 0 Å². The quantitative estimate of drug-likeness (QED) is 0.922. The Morgan fingerprint density at radius 1 is 1.05 bits per heavy atom. The fourth-order valence-electron chi connectivity index (χ4n) is 2.61. The third-order valence-electron chi connectivity index (χ3n) is 3.90. The molecule has 110 valence electrons. The lowest BCUT2D eigenvalue weighted by molar-refractivity contribution is 0.867. The summed E-state index contributed by atoms with van der Waals surface area (Å²) in [6, 6.07) is 10.5. The molecule has 0 radical (unpaired) electrons. The lowest BCUT2D eigenvalue weighted by Gasteiger charge is -2.16. The Kier molecular flexibility index (Phi) is 4.04. The first kappa shape index (κ1) is 13.9. The van der Waals surface area contributed by atoms with Crippen molar-refractivity contribution in [3.8, 4) is 0 Å². The zero-order chi connectivity index (χ0) is 14.7. The maximum Gasteiger partial charge on any atom is 0.229 e. The molecule has 0 saturated carbocycles. The first-order valence-corrected chi connectivity index (χ1v) is 7.67. The smallest absolute Gasteiger partial charge is 0.229 e. The topological polar surface area (TPSA) is 41.1 Å². The van der Waals surface area contributed by atoms with Crippen LogP contribution in [0.15, 0.2) is 36.5 Å². The van der Waals surface area contributed by atoms with Gasteiger partial charge in [0.1, 0.15) is 5.82 Å². The van der Waals surface area contributed by atoms with Gasteiger partial charge < -0.3 is 10.2 Å². The summed E-state index contributed by atoms with van der Waals surface area (Å²) >= 11 is 0. The van der Waals surface area contributed by atoms with Crippen molar-refractivity contribution in [1.82, 2.24) is 9.97 Å². The number of aromatic nitrogens is 2. The van der Waals surface area contributed by atoms with E-state index in [1.807, 2.05) is 12.3 Å². The Hall–Kier alpha value is -2.10. The van der Waals surface area contributed by atoms with Crippen LogP contribution < -0.4 is 10.2 Å². The van der Waals surface area contributed by atoms with Crippen molar-refractivity contribution in [2.45, 2.75) is 32.6 Å². The molecule has 0 bridgehead atoms. The second-order valence-corrected chi connectivity index (χ2v) is 5.83. The summed E-state index contributed by atoms with van der Waals surface area (Å²) < 4.78 is 0. The van der Waals surface area contributed by atoms with Crippen molar-refractivity contribution in [3.05, 3.63) is 42.1 Å². The molecule has 2 heterocycles. The molecule has 4 heteroatoms. The zero-order valence-electron chi connectivity index (χ0n) is 12.7. The van der Waals surface area contributed by atoms with Crippen LogP contribution in [0.1, 0.15) is 38.2 Å². The van der Waals surface area contributed by atoms with Crippen molar-refractivity contribution in [2.75, 3.05) is 23.3 Å². The van der Waals surface area contributed by atoms with Gasteiger partial charge in [-0.1, -0.05) is 26.0 Å². The summed E-state index contributed by atoms with van der Waals surface area (Å²) in [7, 11) is 0. The number of nitrogens with one attached hydrogen (secondary N) is 1. The molecule has 21 heavy (non-hydrogen) atoms. The molecule has 0 atom stereocenters. The van der Waals surface area contributed by atoms with Gasteiger partial charge >= 0.3 is 0 Å². The summed E-state index contributed by atoms with van der Waals surface area (Å²) in [6.45, 7) is 6.59. The SMILES string of the molecule is CC(C)c1ccc(Nc2nccc(N3CCCC3)n2)cc1. The van der Waals surface area contributed by atoms with E-state index in [9.17, 15) is 0 Å². The molecule has 1 aliphatic rings. The van der Waals surface area contributed by atoms with Crippen molar-refractivity contribution in [1.29, 1.82) is 0 Å². The van der Waals surface area contributed by atoms with Crippen LogP contribution in [0.25, 0.3) is 0 Å². The third-order valence-corrected chi connectivity index (χ3v) is 3.90. The third kappa shape index (κ3) is 3.32. The second-order valence-electron chi connectivity index (χ2n) is 5.83. The summed E-state index contributed by atoms with van der Waals surface area (Å²) in [6.07, 6.45) is 4.33. The minimum atomic E-state index is 0.550. The van der Waals surface area contributed by atoms with Gasteiger partial charge in [0.25, 0.3) is 0 Å². The van der Waals surface area contributed by atoms with Gasteiger partial charge in [0.2, 0.25) is 5.95 Å². The average Bonchev–Trinajstić information content (AvgIpc) is 3.02. The summed E-state index contributed by atoms with van der Waals surface area (Å²) in [5, 5.41) is 3.29. The van der Waals surface area contributed by atoms with Crippen LogP contribution in [0, 0.1) is 0 Å². The highest BCUT2D eigenvalue weighted by molar-refractivity contribution is 5.55. The van der Waals surface area contributed by atoms with Crippen LogP contribution in [-0.4, -0.2) is 23.1 Å². The van der Waals surface area contributed by atoms with Crippen LogP contribution in [0.2, 0.25) is 0 Å². The van der Waals surface area contributed by atoms with Gasteiger partial charge in [0.15, 0.2) is 0 Å². The predicted molar refractivity (Wildman–Crippen MR) is 87.3 cm³/mol. The van der Waals surface area contributed by atoms with Gasteiger partial charge in [0, 0.05) is 25.0 Å². The van der Waals surface area contributed by atoms with Crippen LogP contribution in [-0.2, 0) is 0 Å². The molecule has 1 saturated heterocycles. The Balaban J connectivity index is 1.73. The normalized spacial score (nSPS) is 14.7. The molecule has 3 rings (SSSR count). The van der Waals surface area contributed by atoms with Crippen molar-refractivity contribution >= 4 is 17.5 Å². The van der Waals surface area contributed by atoms with E-state index in [0.29, 0.717) is 11.9 Å². The van der Waals surface area contributed by atoms with Gasteiger partial charge in [0.05, 0.1) is 0 Å². The van der Waals surface area contributed by atoms with E-state index in [-0.39, 0.29) is 0 Å². The standard InChI is InChI=1S/C17H22N4/c1-13(2)14-5-7-15(8-6-14)19-17-18-10-9-16(20-17)21-11-3-4-12-21/h5-10,13H,3-4,11-12H2,1-2H3,(H,18,19,20). The van der Waals surface area contributed by atoms with E-state index in [1.54, 1.807) is 0 Å². The molecule has 0 spiro atoms. The molecule has 1 aromatic heterocycles. The Bertz CT molecular complexity index is 586. The summed E-state index contributed by atoms with van der Waals surface area (Å²) in [4.78, 5) is 11.2. The molecular weight excluding hydrogens is 260 g/mol. The molecule has 0 aliphatic carbocycles. The first-order chi connectivity index (χ1) is 10.2. The van der Waals surface area contributed by atoms with E-state index in [0.717, 1.165) is 24.6 Å². The van der Waals surface area contributed by atoms with Crippen molar-refractivity contribution < 1.29 is 0 Å². The second kappa shape index (κ2) is 6.12. The predicted octanol–water partition coefficient (Wildman–Crippen LogP) is 3.94. The number of rotatable bonds is 4. The number of hydrogen-bond acceptors (Lipinski definition) is 4. The fourth-order valence-corrected chi connectivity index (χ4v) is 2.61. The van der Waals surface area contributed by atoms with Gasteiger partial charge in [-0.05, 0) is 42.5 Å². The molecule has 1 N–H and O–H groups in total. The molecule has 4 nitrogen and oxygen atoms in total. The zero-order valence-corrected chi connectivity index (χ0v) is 12.7. The summed E-state index contributed by atoms with van der Waals surface area (Å²) in [5.41, 5.74) is 2.37. The van der Waals surface area contributed by atoms with Crippen LogP contribution in [0.3, 0.4) is 0 Å². The van der Waals surface area contributed by atoms with E-state index in [4.69, 9.17) is 0 Å². The maximum atomic E-state index is 4.61. The number of benzene rings is 1. The van der Waals surface area contributed by atoms with E-state index < -0.39 is 0 Å². The largest absolute Gasteiger partial charge is 0.356 e. The maximum absolute atomic E-state index is 4.61. The molecule has 1 aliphatic heterocycles. The monoisotopic (exact) mass is 282 g/mol. The van der Waals surface area contributed by atoms with Gasteiger partial charge in [-0.25, -0.2) is 4.98 Å². The molecular formula is C17H22N4. The Labute approximate surface area is 126 Å². The molecule has 2 aromatic rings. The lowest BCUT2D eigenvalue weighted by Crippen LogP contribution is -2.19. The van der Waals surface area contributed by atoms with E-state index >= 15 is 0 Å². The van der Waals surface area contributed by atoms with Crippen molar-refractivity contribution in [2.24, 2.45) is 0 Å². The van der Waals surface area contributed by atoms with Gasteiger partial charge in [-0.15, -0.1) is 0 Å². The lowest BCUT2D eigenvalue weighted by atomic mass is 10.0. The highest BCUT2D eigenvalue weighted by Gasteiger charge is 2.14. The highest BCUT2D eigenvalue weighted by Crippen LogP contribution is 2.21. The molecule has 1 fully saturated rings. The summed E-state index contributed by atoms with van der Waals surface area (Å²) in [5.74, 6) is 2.23. The Morgan fingerprint density at radius 3 is 2.43 bits per heavy atom. The average molecular weight is 282 g/mol.